The second-order valence-corrected chi connectivity index (χ2v) is 4.36. The summed E-state index contributed by atoms with van der Waals surface area (Å²) in [6.45, 7) is 3.01. The molecule has 0 aliphatic rings. The first-order valence-electron chi connectivity index (χ1n) is 4.02. The monoisotopic (exact) mass is 306 g/mol. The van der Waals surface area contributed by atoms with Crippen LogP contribution in [0.4, 0.5) is 0 Å². The van der Waals surface area contributed by atoms with E-state index in [1.807, 2.05) is 18.5 Å². The molecule has 0 fully saturated rings. The van der Waals surface area contributed by atoms with Gasteiger partial charge in [0.1, 0.15) is 0 Å². The van der Waals surface area contributed by atoms with Crippen LogP contribution in [0.3, 0.4) is 0 Å². The van der Waals surface area contributed by atoms with Gasteiger partial charge in [0.05, 0.1) is 22.4 Å². The van der Waals surface area contributed by atoms with Crippen LogP contribution in [0.2, 0.25) is 5.02 Å². The van der Waals surface area contributed by atoms with Crippen molar-refractivity contribution in [1.29, 1.82) is 0 Å². The fraction of sp³-hybridized carbons (Fsp3) is 0.222. The van der Waals surface area contributed by atoms with Crippen molar-refractivity contribution in [3.63, 3.8) is 0 Å². The number of hydrogen-bond acceptors (Lipinski definition) is 1. The lowest BCUT2D eigenvalue weighted by molar-refractivity contribution is 0.787. The van der Waals surface area contributed by atoms with Crippen molar-refractivity contribution in [2.45, 2.75) is 13.5 Å². The molecule has 0 aliphatic heterocycles. The summed E-state index contributed by atoms with van der Waals surface area (Å²) < 4.78 is 3.13. The number of benzene rings is 1. The van der Waals surface area contributed by atoms with Gasteiger partial charge in [0.25, 0.3) is 0 Å². The van der Waals surface area contributed by atoms with Gasteiger partial charge in [-0.2, -0.15) is 0 Å². The summed E-state index contributed by atoms with van der Waals surface area (Å²) in [4.78, 5) is 4.29. The van der Waals surface area contributed by atoms with Crippen LogP contribution in [-0.4, -0.2) is 9.55 Å². The smallest absolute Gasteiger partial charge is 0.0958 e. The summed E-state index contributed by atoms with van der Waals surface area (Å²) in [5, 5.41) is 0.795. The number of imidazole rings is 1. The minimum atomic E-state index is 0.795. The third-order valence-corrected chi connectivity index (χ3v) is 3.53. The Kier molecular flexibility index (Phi) is 2.47. The van der Waals surface area contributed by atoms with E-state index in [-0.39, 0.29) is 0 Å². The van der Waals surface area contributed by atoms with Crippen LogP contribution < -0.4 is 0 Å². The van der Waals surface area contributed by atoms with Crippen LogP contribution in [-0.2, 0) is 6.54 Å². The van der Waals surface area contributed by atoms with E-state index in [1.165, 1.54) is 0 Å². The highest BCUT2D eigenvalue weighted by Crippen LogP contribution is 2.24. The Balaban J connectivity index is 2.77. The Morgan fingerprint density at radius 1 is 1.54 bits per heavy atom. The molecule has 13 heavy (non-hydrogen) atoms. The van der Waals surface area contributed by atoms with Crippen molar-refractivity contribution >= 4 is 45.2 Å². The molecule has 0 saturated carbocycles. The van der Waals surface area contributed by atoms with Gasteiger partial charge in [-0.3, -0.25) is 0 Å². The third-order valence-electron chi connectivity index (χ3n) is 2.00. The van der Waals surface area contributed by atoms with E-state index in [9.17, 15) is 0 Å². The van der Waals surface area contributed by atoms with E-state index in [0.717, 1.165) is 26.2 Å². The molecular weight excluding hydrogens is 298 g/mol. The predicted octanol–water partition coefficient (Wildman–Crippen LogP) is 3.31. The van der Waals surface area contributed by atoms with Gasteiger partial charge in [-0.25, -0.2) is 4.98 Å². The zero-order valence-corrected chi connectivity index (χ0v) is 10.0. The van der Waals surface area contributed by atoms with Gasteiger partial charge in [0, 0.05) is 10.1 Å². The number of halogens is 2. The van der Waals surface area contributed by atoms with Gasteiger partial charge in [-0.15, -0.1) is 0 Å². The highest BCUT2D eigenvalue weighted by Gasteiger charge is 2.04. The Morgan fingerprint density at radius 2 is 2.31 bits per heavy atom. The van der Waals surface area contributed by atoms with Crippen LogP contribution in [0, 0.1) is 3.57 Å². The summed E-state index contributed by atoms with van der Waals surface area (Å²) >= 11 is 8.24. The molecule has 0 aliphatic carbocycles. The molecule has 1 aromatic carbocycles. The number of aryl methyl sites for hydroxylation is 1. The van der Waals surface area contributed by atoms with E-state index in [2.05, 4.69) is 39.1 Å². The Labute approximate surface area is 95.0 Å². The molecule has 0 N–H and O–H groups in total. The number of hydrogen-bond donors (Lipinski definition) is 0. The maximum absolute atomic E-state index is 6.02. The van der Waals surface area contributed by atoms with Crippen LogP contribution in [0.25, 0.3) is 11.0 Å². The fourth-order valence-corrected chi connectivity index (χ4v) is 1.91. The minimum absolute atomic E-state index is 0.795. The molecule has 1 heterocycles. The molecule has 0 spiro atoms. The third kappa shape index (κ3) is 1.55. The molecular formula is C9H8ClIN2. The molecule has 2 nitrogen and oxygen atoms in total. The second kappa shape index (κ2) is 3.46. The zero-order valence-electron chi connectivity index (χ0n) is 7.09. The number of fused-ring (bicyclic) bond motifs is 1. The van der Waals surface area contributed by atoms with Gasteiger partial charge in [0.15, 0.2) is 0 Å². The zero-order chi connectivity index (χ0) is 9.42. The standard InChI is InChI=1S/C9H8ClIN2/c1-2-13-5-12-8-4-7(11)6(10)3-9(8)13/h3-5H,2H2,1H3. The van der Waals surface area contributed by atoms with Crippen LogP contribution >= 0.6 is 34.2 Å². The summed E-state index contributed by atoms with van der Waals surface area (Å²) in [5.74, 6) is 0. The van der Waals surface area contributed by atoms with Gasteiger partial charge in [-0.05, 0) is 41.6 Å². The molecule has 68 valence electrons. The SMILES string of the molecule is CCn1cnc2cc(I)c(Cl)cc21. The van der Waals surface area contributed by atoms with Crippen molar-refractivity contribution in [1.82, 2.24) is 9.55 Å². The summed E-state index contributed by atoms with van der Waals surface area (Å²) in [7, 11) is 0. The normalized spacial score (nSPS) is 11.0. The van der Waals surface area contributed by atoms with Crippen molar-refractivity contribution < 1.29 is 0 Å². The van der Waals surface area contributed by atoms with E-state index >= 15 is 0 Å². The maximum atomic E-state index is 6.02. The fourth-order valence-electron chi connectivity index (χ4n) is 1.31. The first kappa shape index (κ1) is 9.27. The lowest BCUT2D eigenvalue weighted by atomic mass is 10.3. The van der Waals surface area contributed by atoms with E-state index in [4.69, 9.17) is 11.6 Å². The van der Waals surface area contributed by atoms with E-state index < -0.39 is 0 Å². The van der Waals surface area contributed by atoms with Gasteiger partial charge >= 0.3 is 0 Å². The van der Waals surface area contributed by atoms with E-state index in [0.29, 0.717) is 0 Å². The van der Waals surface area contributed by atoms with Gasteiger partial charge in [0.2, 0.25) is 0 Å². The lowest BCUT2D eigenvalue weighted by Gasteiger charge is -2.00. The van der Waals surface area contributed by atoms with Crippen LogP contribution in [0.5, 0.6) is 0 Å². The number of aromatic nitrogens is 2. The average Bonchev–Trinajstić information content (AvgIpc) is 2.48. The molecule has 0 saturated heterocycles. The molecule has 0 bridgehead atoms. The van der Waals surface area contributed by atoms with Crippen molar-refractivity contribution in [3.05, 3.63) is 27.1 Å². The molecule has 4 heteroatoms. The Bertz CT molecular complexity index is 450. The van der Waals surface area contributed by atoms with Gasteiger partial charge in [-0.1, -0.05) is 11.6 Å². The molecule has 2 rings (SSSR count). The van der Waals surface area contributed by atoms with Gasteiger partial charge < -0.3 is 4.57 Å². The Hall–Kier alpha value is -0.290. The van der Waals surface area contributed by atoms with Crippen LogP contribution in [0.1, 0.15) is 6.92 Å². The topological polar surface area (TPSA) is 17.8 Å². The van der Waals surface area contributed by atoms with Crippen molar-refractivity contribution in [2.24, 2.45) is 0 Å². The predicted molar refractivity (Wildman–Crippen MR) is 63.1 cm³/mol. The van der Waals surface area contributed by atoms with Crippen LogP contribution in [0.15, 0.2) is 18.5 Å². The second-order valence-electron chi connectivity index (χ2n) is 2.79. The summed E-state index contributed by atoms with van der Waals surface area (Å²) in [5.41, 5.74) is 2.11. The summed E-state index contributed by atoms with van der Waals surface area (Å²) in [6, 6.07) is 3.97. The lowest BCUT2D eigenvalue weighted by Crippen LogP contribution is -1.90. The molecule has 1 aromatic heterocycles. The van der Waals surface area contributed by atoms with Crippen molar-refractivity contribution in [2.75, 3.05) is 0 Å². The highest BCUT2D eigenvalue weighted by atomic mass is 127. The first-order valence-corrected chi connectivity index (χ1v) is 5.48. The average molecular weight is 307 g/mol. The molecule has 0 amide bonds. The largest absolute Gasteiger partial charge is 0.331 e. The number of nitrogens with zero attached hydrogens (tertiary/aromatic N) is 2. The Morgan fingerprint density at radius 3 is 3.00 bits per heavy atom. The molecule has 0 unspecified atom stereocenters. The van der Waals surface area contributed by atoms with E-state index in [1.54, 1.807) is 0 Å². The highest BCUT2D eigenvalue weighted by molar-refractivity contribution is 14.1. The molecule has 2 aromatic rings. The van der Waals surface area contributed by atoms with Crippen molar-refractivity contribution in [3.8, 4) is 0 Å². The quantitative estimate of drug-likeness (QED) is 0.739. The minimum Gasteiger partial charge on any atom is -0.331 e. The maximum Gasteiger partial charge on any atom is 0.0958 e. The molecule has 0 radical (unpaired) electrons. The molecule has 0 atom stereocenters. The first-order chi connectivity index (χ1) is 6.22. The number of rotatable bonds is 1. The summed E-state index contributed by atoms with van der Waals surface area (Å²) in [6.07, 6.45) is 1.84.